The van der Waals surface area contributed by atoms with Crippen LogP contribution in [0.2, 0.25) is 0 Å². The Balaban J connectivity index is 4.47. The van der Waals surface area contributed by atoms with Crippen LogP contribution >= 0.6 is 0 Å². The molecule has 0 amide bonds. The van der Waals surface area contributed by atoms with E-state index >= 15 is 0 Å². The van der Waals surface area contributed by atoms with Gasteiger partial charge in [-0.2, -0.15) is 0 Å². The average Bonchev–Trinajstić information content (AvgIpc) is 2.25. The van der Waals surface area contributed by atoms with Crippen molar-refractivity contribution in [3.63, 3.8) is 0 Å². The first-order valence-electron chi connectivity index (χ1n) is 4.80. The summed E-state index contributed by atoms with van der Waals surface area (Å²) in [5.74, 6) is -2.69. The Labute approximate surface area is 87.0 Å². The van der Waals surface area contributed by atoms with Gasteiger partial charge in [-0.15, -0.1) is 0 Å². The number of hydrogen-bond acceptors (Lipinski definition) is 6. The summed E-state index contributed by atoms with van der Waals surface area (Å²) >= 11 is 0. The van der Waals surface area contributed by atoms with Gasteiger partial charge < -0.3 is 25.5 Å². The smallest absolute Gasteiger partial charge is 0.335 e. The Bertz CT molecular complexity index is 257. The van der Waals surface area contributed by atoms with Gasteiger partial charge in [0.05, 0.1) is 0 Å². The molecule has 0 aromatic carbocycles. The summed E-state index contributed by atoms with van der Waals surface area (Å²) in [5, 5.41) is 44.6. The molecule has 0 aliphatic heterocycles. The molecule has 0 fully saturated rings. The maximum atomic E-state index is 11.0. The number of hydrogen-bond donors (Lipinski definition) is 5. The number of aliphatic carboxylic acids is 1. The summed E-state index contributed by atoms with van der Waals surface area (Å²) in [6, 6.07) is 0. The number of aliphatic hydroxyl groups excluding tert-OH is 4. The molecule has 0 bridgehead atoms. The van der Waals surface area contributed by atoms with Crippen molar-refractivity contribution in [1.29, 1.82) is 0 Å². The lowest BCUT2D eigenvalue weighted by Gasteiger charge is -2.23. The third-order valence-corrected chi connectivity index (χ3v) is 1.83. The predicted octanol–water partition coefficient (Wildman–Crippen LogP) is -2.51. The van der Waals surface area contributed by atoms with Crippen molar-refractivity contribution in [2.75, 3.05) is 0 Å². The SMILES string of the molecule is [2H]CCC(=O)[C@H](O)[C@@H](O)[C@H](O)[C@H](O)C(=O)O. The van der Waals surface area contributed by atoms with E-state index in [1.165, 1.54) is 0 Å². The molecule has 88 valence electrons. The Morgan fingerprint density at radius 2 is 1.60 bits per heavy atom. The van der Waals surface area contributed by atoms with E-state index in [0.29, 0.717) is 0 Å². The zero-order valence-corrected chi connectivity index (χ0v) is 7.78. The molecule has 5 N–H and O–H groups in total. The van der Waals surface area contributed by atoms with E-state index in [1.807, 2.05) is 0 Å². The van der Waals surface area contributed by atoms with E-state index in [0.717, 1.165) is 0 Å². The molecule has 0 rings (SSSR count). The fraction of sp³-hybridized carbons (Fsp3) is 0.750. The first-order valence-corrected chi connectivity index (χ1v) is 4.10. The molecule has 0 unspecified atom stereocenters. The number of carbonyl (C=O) groups excluding carboxylic acids is 1. The quantitative estimate of drug-likeness (QED) is 0.335. The second-order valence-electron chi connectivity index (χ2n) is 2.93. The maximum absolute atomic E-state index is 11.0. The lowest BCUT2D eigenvalue weighted by atomic mass is 9.99. The number of Topliss-reactive ketones (excluding diaryl/α,β-unsaturated/α-hetero) is 1. The Kier molecular flexibility index (Phi) is 4.63. The highest BCUT2D eigenvalue weighted by atomic mass is 16.4. The van der Waals surface area contributed by atoms with Crippen molar-refractivity contribution in [3.8, 4) is 0 Å². The minimum Gasteiger partial charge on any atom is -0.479 e. The molecule has 7 heteroatoms. The Hall–Kier alpha value is -1.02. The van der Waals surface area contributed by atoms with Crippen LogP contribution in [0.1, 0.15) is 14.7 Å². The second kappa shape index (κ2) is 5.76. The van der Waals surface area contributed by atoms with Crippen LogP contribution in [-0.2, 0) is 9.59 Å². The predicted molar refractivity (Wildman–Crippen MR) is 47.0 cm³/mol. The molecule has 0 radical (unpaired) electrons. The van der Waals surface area contributed by atoms with Gasteiger partial charge in [0.25, 0.3) is 0 Å². The van der Waals surface area contributed by atoms with Gasteiger partial charge in [-0.3, -0.25) is 4.79 Å². The molecule has 0 aromatic rings. The van der Waals surface area contributed by atoms with Crippen LogP contribution in [0, 0.1) is 0 Å². The van der Waals surface area contributed by atoms with Crippen molar-refractivity contribution in [1.82, 2.24) is 0 Å². The van der Waals surface area contributed by atoms with Crippen LogP contribution in [0.5, 0.6) is 0 Å². The number of rotatable bonds is 6. The van der Waals surface area contributed by atoms with Crippen molar-refractivity contribution in [2.24, 2.45) is 0 Å². The van der Waals surface area contributed by atoms with E-state index in [4.69, 9.17) is 16.7 Å². The normalized spacial score (nSPS) is 19.9. The standard InChI is InChI=1S/C8H14O7/c1-2-3(9)4(10)5(11)6(12)7(13)8(14)15/h4-7,10-13H,2H2,1H3,(H,14,15)/t4-,5+,6-,7-/m0/s1/i1D. The molecule has 4 atom stereocenters. The van der Waals surface area contributed by atoms with Gasteiger partial charge in [-0.1, -0.05) is 6.90 Å². The molecule has 0 saturated carbocycles. The van der Waals surface area contributed by atoms with E-state index in [1.54, 1.807) is 0 Å². The van der Waals surface area contributed by atoms with E-state index < -0.39 is 36.2 Å². The molecular weight excluding hydrogens is 208 g/mol. The van der Waals surface area contributed by atoms with Crippen LogP contribution in [0.25, 0.3) is 0 Å². The lowest BCUT2D eigenvalue weighted by Crippen LogP contribution is -2.49. The molecule has 15 heavy (non-hydrogen) atoms. The zero-order valence-electron chi connectivity index (χ0n) is 8.78. The first-order chi connectivity index (χ1) is 7.32. The number of ketones is 1. The number of carboxylic acids is 1. The third-order valence-electron chi connectivity index (χ3n) is 1.83. The van der Waals surface area contributed by atoms with E-state index in [9.17, 15) is 19.8 Å². The van der Waals surface area contributed by atoms with E-state index in [2.05, 4.69) is 0 Å². The highest BCUT2D eigenvalue weighted by molar-refractivity contribution is 5.83. The van der Waals surface area contributed by atoms with Gasteiger partial charge in [-0.25, -0.2) is 4.79 Å². The largest absolute Gasteiger partial charge is 0.479 e. The van der Waals surface area contributed by atoms with Crippen molar-refractivity contribution >= 4 is 11.8 Å². The number of carbonyl (C=O) groups is 2. The molecule has 0 aliphatic rings. The van der Waals surface area contributed by atoms with Crippen LogP contribution in [-0.4, -0.2) is 61.7 Å². The van der Waals surface area contributed by atoms with Crippen molar-refractivity contribution in [3.05, 3.63) is 0 Å². The summed E-state index contributed by atoms with van der Waals surface area (Å²) < 4.78 is 6.71. The van der Waals surface area contributed by atoms with Crippen molar-refractivity contribution < 1.29 is 36.5 Å². The molecule has 0 heterocycles. The maximum Gasteiger partial charge on any atom is 0.335 e. The van der Waals surface area contributed by atoms with Gasteiger partial charge >= 0.3 is 5.97 Å². The van der Waals surface area contributed by atoms with Crippen LogP contribution in [0.15, 0.2) is 0 Å². The minimum absolute atomic E-state index is 0.305. The lowest BCUT2D eigenvalue weighted by molar-refractivity contribution is -0.165. The molecule has 7 nitrogen and oxygen atoms in total. The van der Waals surface area contributed by atoms with Gasteiger partial charge in [0.15, 0.2) is 11.9 Å². The van der Waals surface area contributed by atoms with Gasteiger partial charge in [0.2, 0.25) is 0 Å². The number of carboxylic acid groups (broad SMARTS) is 1. The summed E-state index contributed by atoms with van der Waals surface area (Å²) in [7, 11) is 0. The molecule has 0 aromatic heterocycles. The molecule has 0 saturated heterocycles. The first kappa shape index (κ1) is 12.1. The minimum atomic E-state index is -2.30. The average molecular weight is 223 g/mol. The summed E-state index contributed by atoms with van der Waals surface area (Å²) in [4.78, 5) is 21.3. The van der Waals surface area contributed by atoms with Crippen molar-refractivity contribution in [2.45, 2.75) is 37.7 Å². The van der Waals surface area contributed by atoms with Gasteiger partial charge in [0, 0.05) is 7.79 Å². The summed E-state index contributed by atoms with van der Waals surface area (Å²) in [5.41, 5.74) is 0. The van der Waals surface area contributed by atoms with E-state index in [-0.39, 0.29) is 13.3 Å². The second-order valence-corrected chi connectivity index (χ2v) is 2.93. The molecule has 0 aliphatic carbocycles. The monoisotopic (exact) mass is 223 g/mol. The zero-order chi connectivity index (χ0) is 12.9. The van der Waals surface area contributed by atoms with Gasteiger partial charge in [0.1, 0.15) is 18.3 Å². The third kappa shape index (κ3) is 3.56. The van der Waals surface area contributed by atoms with Gasteiger partial charge in [-0.05, 0) is 0 Å². The molecular formula is C8H14O7. The summed E-state index contributed by atoms with van der Waals surface area (Å²) in [6.45, 7) is -0.305. The summed E-state index contributed by atoms with van der Waals surface area (Å²) in [6.07, 6.45) is -8.94. The topological polar surface area (TPSA) is 135 Å². The van der Waals surface area contributed by atoms with Crippen LogP contribution in [0.4, 0.5) is 0 Å². The highest BCUT2D eigenvalue weighted by Gasteiger charge is 2.36. The highest BCUT2D eigenvalue weighted by Crippen LogP contribution is 2.07. The Morgan fingerprint density at radius 3 is 2.00 bits per heavy atom. The fourth-order valence-corrected chi connectivity index (χ4v) is 0.858. The fourth-order valence-electron chi connectivity index (χ4n) is 0.858. The molecule has 0 spiro atoms. The Morgan fingerprint density at radius 1 is 1.13 bits per heavy atom. The number of aliphatic hydroxyl groups is 4. The van der Waals surface area contributed by atoms with Crippen LogP contribution in [0.3, 0.4) is 0 Å². The van der Waals surface area contributed by atoms with Crippen LogP contribution < -0.4 is 0 Å².